The van der Waals surface area contributed by atoms with Gasteiger partial charge in [0.05, 0.1) is 114 Å². The Bertz CT molecular complexity index is 3000. The number of nitrogens with zero attached hydrogens (tertiary/aromatic N) is 5. The van der Waals surface area contributed by atoms with E-state index < -0.39 is 0 Å². The third kappa shape index (κ3) is 43.7. The van der Waals surface area contributed by atoms with Crippen molar-refractivity contribution in [1.82, 2.24) is 0 Å². The van der Waals surface area contributed by atoms with Crippen LogP contribution in [-0.4, -0.2) is 186 Å². The number of unbranched alkanes of at least 4 members (excludes halogenated alkanes) is 19. The van der Waals surface area contributed by atoms with Gasteiger partial charge in [-0.3, -0.25) is 4.79 Å². The van der Waals surface area contributed by atoms with Crippen LogP contribution in [-0.2, 0) is 25.6 Å². The summed E-state index contributed by atoms with van der Waals surface area (Å²) < 4.78 is 22.0. The summed E-state index contributed by atoms with van der Waals surface area (Å²) in [5.74, 6) is 3.21. The molecule has 0 aromatic heterocycles. The van der Waals surface area contributed by atoms with E-state index in [0.717, 1.165) is 80.9 Å². The van der Waals surface area contributed by atoms with Gasteiger partial charge in [0.1, 0.15) is 23.8 Å². The van der Waals surface area contributed by atoms with Crippen LogP contribution in [0.1, 0.15) is 258 Å². The van der Waals surface area contributed by atoms with Gasteiger partial charge in [-0.2, -0.15) is 0 Å². The first-order chi connectivity index (χ1) is 46.9. The van der Waals surface area contributed by atoms with Gasteiger partial charge in [-0.15, -0.1) is 0 Å². The molecule has 574 valence electrons. The van der Waals surface area contributed by atoms with E-state index in [1.165, 1.54) is 163 Å². The molecule has 0 spiro atoms. The second-order valence-electron chi connectivity index (χ2n) is 33.7. The van der Waals surface area contributed by atoms with Crippen LogP contribution in [0.3, 0.4) is 0 Å². The van der Waals surface area contributed by atoms with Crippen molar-refractivity contribution in [3.63, 3.8) is 0 Å². The second kappa shape index (κ2) is 49.5. The summed E-state index contributed by atoms with van der Waals surface area (Å²) in [5.41, 5.74) is 10.2. The van der Waals surface area contributed by atoms with Gasteiger partial charge in [-0.1, -0.05) is 205 Å². The Kier molecular flexibility index (Phi) is 46.4. The number of hydrogen-bond donors (Lipinski definition) is 0. The lowest BCUT2D eigenvalue weighted by Gasteiger charge is -2.30. The molecule has 0 heterocycles. The zero-order chi connectivity index (χ0) is 75.1. The maximum absolute atomic E-state index is 13.0. The highest BCUT2D eigenvalue weighted by Crippen LogP contribution is 2.28. The fraction of sp³-hybridized carbons (Fsp3) is 0.678. The number of Topliss-reactive ketones (excluding diaryl/α,β-unsaturated/α-hetero) is 1. The molecular formula is C87H150Br2N5O7+5. The molecule has 4 rings (SSSR count). The van der Waals surface area contributed by atoms with Gasteiger partial charge in [0.25, 0.3) is 0 Å². The molecule has 101 heavy (non-hydrogen) atoms. The first kappa shape index (κ1) is 94.7. The van der Waals surface area contributed by atoms with Crippen molar-refractivity contribution >= 4 is 55.6 Å². The van der Waals surface area contributed by atoms with Crippen LogP contribution in [0.2, 0.25) is 0 Å². The zero-order valence-electron chi connectivity index (χ0n) is 67.6. The molecule has 14 heteroatoms. The molecule has 0 radical (unpaired) electrons. The van der Waals surface area contributed by atoms with Crippen LogP contribution in [0.25, 0.3) is 0 Å². The molecule has 4 aromatic carbocycles. The third-order valence-corrected chi connectivity index (χ3v) is 19.7. The number of esters is 3. The Morgan fingerprint density at radius 1 is 0.337 bits per heavy atom. The minimum Gasteiger partial charge on any atom is -0.422 e. The topological polar surface area (TPSA) is 96.0 Å². The van der Waals surface area contributed by atoms with Crippen LogP contribution in [0.15, 0.2) is 72.8 Å². The Balaban J connectivity index is 0.000000977. The van der Waals surface area contributed by atoms with E-state index >= 15 is 0 Å². The average molecular weight is 1540 g/mol. The maximum atomic E-state index is 13.0. The van der Waals surface area contributed by atoms with Crippen LogP contribution in [0.4, 0.5) is 0 Å². The molecule has 0 saturated carbocycles. The average Bonchev–Trinajstić information content (AvgIpc) is 0.862. The minimum absolute atomic E-state index is 0. The van der Waals surface area contributed by atoms with E-state index in [4.69, 9.17) is 14.2 Å². The lowest BCUT2D eigenvalue weighted by Crippen LogP contribution is -2.45. The molecule has 0 bridgehead atoms. The molecule has 0 aliphatic rings. The number of carbonyl (C=O) groups is 4. The number of rotatable bonds is 47. The minimum atomic E-state index is -0.156. The molecule has 0 N–H and O–H groups in total. The summed E-state index contributed by atoms with van der Waals surface area (Å²) in [5, 5.41) is 0. The van der Waals surface area contributed by atoms with Gasteiger partial charge in [-0.05, 0) is 192 Å². The first-order valence-corrected chi connectivity index (χ1v) is 40.9. The number of likely N-dealkylation sites (N-methyl/N-ethyl adjacent to an activating group) is 4. The SMILES string of the molecule is BrCBr.C.Cc1ccc(C(C)C)c(CC(=O)C[N+](C)(C)CCCCCCCCCC[N+](C)(C)CC(=O)Oc2cc(C(C)C)ccc2C)c1.Cc1ccc(C)c(OC(=O)C[N+](C)(C)CCCCCCCC[N+](C)(C)CCCCCCCCCC[N+](C)(C)CC(=O)Oc2cc(C(C)C)ccc2C)c1. The molecule has 0 aliphatic carbocycles. The van der Waals surface area contributed by atoms with Crippen LogP contribution in [0, 0.1) is 34.6 Å². The summed E-state index contributed by atoms with van der Waals surface area (Å²) in [4.78, 5) is 51.0. The van der Waals surface area contributed by atoms with Gasteiger partial charge >= 0.3 is 17.9 Å². The maximum Gasteiger partial charge on any atom is 0.367 e. The summed E-state index contributed by atoms with van der Waals surface area (Å²) >= 11 is 6.12. The summed E-state index contributed by atoms with van der Waals surface area (Å²) in [6.45, 7) is 31.5. The number of benzene rings is 4. The molecule has 12 nitrogen and oxygen atoms in total. The molecule has 0 atom stereocenters. The molecule has 0 fully saturated rings. The van der Waals surface area contributed by atoms with Crippen molar-refractivity contribution in [3.8, 4) is 17.2 Å². The van der Waals surface area contributed by atoms with Crippen LogP contribution >= 0.6 is 31.9 Å². The second-order valence-corrected chi connectivity index (χ2v) is 36.3. The highest BCUT2D eigenvalue weighted by atomic mass is 79.9. The number of quaternary nitrogens is 5. The molecule has 0 unspecified atom stereocenters. The van der Waals surface area contributed by atoms with Crippen molar-refractivity contribution in [3.05, 3.63) is 123 Å². The Labute approximate surface area is 636 Å². The Morgan fingerprint density at radius 2 is 0.594 bits per heavy atom. The first-order valence-electron chi connectivity index (χ1n) is 38.6. The predicted octanol–water partition coefficient (Wildman–Crippen LogP) is 20.8. The predicted molar refractivity (Wildman–Crippen MR) is 438 cm³/mol. The highest BCUT2D eigenvalue weighted by molar-refractivity contribution is 9.24. The van der Waals surface area contributed by atoms with Gasteiger partial charge in [0.15, 0.2) is 25.4 Å². The number of ketones is 1. The van der Waals surface area contributed by atoms with E-state index in [1.54, 1.807) is 0 Å². The van der Waals surface area contributed by atoms with Crippen molar-refractivity contribution in [2.75, 3.05) is 140 Å². The Morgan fingerprint density at radius 3 is 0.901 bits per heavy atom. The normalized spacial score (nSPS) is 12.0. The number of halogens is 2. The quantitative estimate of drug-likeness (QED) is 0.0143. The summed E-state index contributed by atoms with van der Waals surface area (Å²) in [7, 11) is 22.0. The van der Waals surface area contributed by atoms with Crippen molar-refractivity contribution < 1.29 is 55.8 Å². The fourth-order valence-corrected chi connectivity index (χ4v) is 13.2. The molecular weight excluding hydrogens is 1390 g/mol. The molecule has 0 amide bonds. The summed E-state index contributed by atoms with van der Waals surface area (Å²) in [6, 6.07) is 24.9. The lowest BCUT2D eigenvalue weighted by atomic mass is 9.92. The number of aryl methyl sites for hydroxylation is 5. The van der Waals surface area contributed by atoms with Crippen molar-refractivity contribution in [2.24, 2.45) is 0 Å². The third-order valence-electron chi connectivity index (χ3n) is 19.7. The zero-order valence-corrected chi connectivity index (χ0v) is 70.7. The number of carbonyl (C=O) groups excluding carboxylic acids is 4. The van der Waals surface area contributed by atoms with E-state index in [2.05, 4.69) is 181 Å². The largest absolute Gasteiger partial charge is 0.422 e. The van der Waals surface area contributed by atoms with Crippen LogP contribution in [0.5, 0.6) is 17.2 Å². The summed E-state index contributed by atoms with van der Waals surface area (Å²) in [6.07, 6.45) is 28.2. The van der Waals surface area contributed by atoms with Crippen molar-refractivity contribution in [1.29, 1.82) is 0 Å². The van der Waals surface area contributed by atoms with E-state index in [1.807, 2.05) is 70.2 Å². The van der Waals surface area contributed by atoms with E-state index in [9.17, 15) is 19.2 Å². The van der Waals surface area contributed by atoms with Gasteiger partial charge in [0.2, 0.25) is 0 Å². The van der Waals surface area contributed by atoms with Gasteiger partial charge < -0.3 is 36.6 Å². The van der Waals surface area contributed by atoms with E-state index in [-0.39, 0.29) is 25.3 Å². The number of ether oxygens (including phenoxy) is 3. The fourth-order valence-electron chi connectivity index (χ4n) is 13.2. The van der Waals surface area contributed by atoms with Crippen LogP contribution < -0.4 is 14.2 Å². The monoisotopic (exact) mass is 1530 g/mol. The molecule has 0 saturated heterocycles. The molecule has 0 aliphatic heterocycles. The lowest BCUT2D eigenvalue weighted by molar-refractivity contribution is -0.890. The number of hydrogen-bond acceptors (Lipinski definition) is 7. The van der Waals surface area contributed by atoms with Gasteiger partial charge in [-0.25, -0.2) is 14.4 Å². The van der Waals surface area contributed by atoms with E-state index in [0.29, 0.717) is 86.8 Å². The highest BCUT2D eigenvalue weighted by Gasteiger charge is 2.26. The smallest absolute Gasteiger partial charge is 0.367 e. The molecule has 4 aromatic rings. The van der Waals surface area contributed by atoms with Crippen molar-refractivity contribution in [2.45, 2.75) is 249 Å². The van der Waals surface area contributed by atoms with Gasteiger partial charge in [0, 0.05) is 6.42 Å². The Hall–Kier alpha value is -4.28. The standard InChI is InChI=1S/C46H80N3O4.C39H64N2O3.CH2Br2.CH4/c1-38(2)42-29-28-41(5)44(35-42)53-46(51)37-49(10,11)32-24-20-15-13-12-14-18-22-30-47(6,7)31-23-19-16-17-21-25-33-48(8,9)36-45(50)52-43-34-39(3)26-27-40(43)4;1-30(2)34-21-20-33(6)38(27-34)44-39(43)29-41(9,10)24-18-16-14-12-11-13-15-17-23-40(7,8)28-36(42)26-35-25-32(5)19-22-37(35)31(3)4;2-1-3;/h26-29,34-35,38H,12-25,30-33,36-37H2,1-11H3;19-22,25,27,30-31H,11-18,23-24,26,28-29H2,1-10H3;1H2;1H4/q+3;+2;;. The number of alkyl halides is 2.